The third-order valence-electron chi connectivity index (χ3n) is 2.87. The summed E-state index contributed by atoms with van der Waals surface area (Å²) in [5, 5.41) is 11.8. The van der Waals surface area contributed by atoms with Gasteiger partial charge in [-0.15, -0.1) is 0 Å². The second kappa shape index (κ2) is 6.04. The fourth-order valence-corrected chi connectivity index (χ4v) is 4.18. The highest BCUT2D eigenvalue weighted by atomic mass is 79.9. The van der Waals surface area contributed by atoms with E-state index in [1.165, 1.54) is 0 Å². The maximum Gasteiger partial charge on any atom is 0.321 e. The number of hydrogen-bond acceptors (Lipinski definition) is 4. The molecule has 0 spiro atoms. The van der Waals surface area contributed by atoms with Crippen molar-refractivity contribution in [1.82, 2.24) is 9.78 Å². The number of hydrogen-bond donors (Lipinski definition) is 1. The van der Waals surface area contributed by atoms with Crippen molar-refractivity contribution in [2.24, 2.45) is 0 Å². The first-order valence-electron chi connectivity index (χ1n) is 5.90. The summed E-state index contributed by atoms with van der Waals surface area (Å²) in [5.74, 6) is -1.63. The van der Waals surface area contributed by atoms with E-state index in [1.807, 2.05) is 6.92 Å². The van der Waals surface area contributed by atoms with Gasteiger partial charge in [0.15, 0.2) is 15.1 Å². The highest BCUT2D eigenvalue weighted by molar-refractivity contribution is 9.10. The molecule has 0 aromatic carbocycles. The van der Waals surface area contributed by atoms with E-state index in [1.54, 1.807) is 18.5 Å². The molecule has 1 aromatic rings. The van der Waals surface area contributed by atoms with E-state index in [-0.39, 0.29) is 12.2 Å². The summed E-state index contributed by atoms with van der Waals surface area (Å²) in [5.41, 5.74) is 1.19. The molecule has 1 N–H and O–H groups in total. The lowest BCUT2D eigenvalue weighted by molar-refractivity contribution is -0.136. The molecule has 6 nitrogen and oxygen atoms in total. The van der Waals surface area contributed by atoms with Crippen LogP contribution in [0.3, 0.4) is 0 Å². The molecule has 1 aromatic heterocycles. The van der Waals surface area contributed by atoms with Crippen molar-refractivity contribution >= 4 is 31.7 Å². The van der Waals surface area contributed by atoms with Crippen LogP contribution >= 0.6 is 15.9 Å². The maximum atomic E-state index is 12.2. The van der Waals surface area contributed by atoms with Gasteiger partial charge in [-0.3, -0.25) is 9.48 Å². The zero-order valence-corrected chi connectivity index (χ0v) is 13.5. The van der Waals surface area contributed by atoms with Crippen LogP contribution in [0.4, 0.5) is 0 Å². The van der Waals surface area contributed by atoms with Gasteiger partial charge < -0.3 is 5.11 Å². The molecule has 8 heteroatoms. The van der Waals surface area contributed by atoms with Crippen molar-refractivity contribution in [3.63, 3.8) is 0 Å². The van der Waals surface area contributed by atoms with Gasteiger partial charge in [-0.2, -0.15) is 5.10 Å². The lowest BCUT2D eigenvalue weighted by atomic mass is 10.3. The van der Waals surface area contributed by atoms with Gasteiger partial charge >= 0.3 is 5.97 Å². The third-order valence-corrected chi connectivity index (χ3v) is 5.98. The topological polar surface area (TPSA) is 89.3 Å². The van der Waals surface area contributed by atoms with E-state index >= 15 is 0 Å². The number of carboxylic acids is 1. The number of carboxylic acid groups (broad SMARTS) is 1. The lowest BCUT2D eigenvalue weighted by Gasteiger charge is -2.12. The highest BCUT2D eigenvalue weighted by Gasteiger charge is 2.32. The number of halogens is 1. The predicted molar refractivity (Wildman–Crippen MR) is 74.7 cm³/mol. The summed E-state index contributed by atoms with van der Waals surface area (Å²) in [6.07, 6.45) is 0.0501. The molecule has 0 radical (unpaired) electrons. The Bertz CT molecular complexity index is 580. The SMILES string of the molecule is CCC(C(=O)O)S(=O)(=O)Cc1c(Br)c(C)nn1CC. The molecule has 0 saturated heterocycles. The molecule has 0 aliphatic carbocycles. The number of sulfone groups is 1. The minimum atomic E-state index is -3.76. The Morgan fingerprint density at radius 2 is 2.05 bits per heavy atom. The zero-order chi connectivity index (χ0) is 14.8. The van der Waals surface area contributed by atoms with Crippen LogP contribution in [0, 0.1) is 6.92 Å². The first-order valence-corrected chi connectivity index (χ1v) is 8.41. The fourth-order valence-electron chi connectivity index (χ4n) is 1.88. The normalized spacial score (nSPS) is 13.5. The van der Waals surface area contributed by atoms with Crippen molar-refractivity contribution in [3.05, 3.63) is 15.9 Å². The Balaban J connectivity index is 3.18. The summed E-state index contributed by atoms with van der Waals surface area (Å²) >= 11 is 3.31. The molecule has 1 atom stereocenters. The van der Waals surface area contributed by atoms with Crippen molar-refractivity contribution in [2.45, 2.75) is 44.7 Å². The Hall–Kier alpha value is -0.890. The molecule has 108 valence electrons. The number of aromatic nitrogens is 2. The van der Waals surface area contributed by atoms with E-state index in [4.69, 9.17) is 5.11 Å². The fraction of sp³-hybridized carbons (Fsp3) is 0.636. The van der Waals surface area contributed by atoms with Crippen LogP contribution in [0.1, 0.15) is 31.7 Å². The van der Waals surface area contributed by atoms with Crippen molar-refractivity contribution < 1.29 is 18.3 Å². The second-order valence-corrected chi connectivity index (χ2v) is 7.18. The molecule has 1 unspecified atom stereocenters. The molecule has 0 aliphatic heterocycles. The molecule has 0 bridgehead atoms. The van der Waals surface area contributed by atoms with E-state index < -0.39 is 21.1 Å². The Labute approximate surface area is 120 Å². The van der Waals surface area contributed by atoms with E-state index in [0.29, 0.717) is 22.4 Å². The van der Waals surface area contributed by atoms with Gasteiger partial charge in [0.2, 0.25) is 0 Å². The Morgan fingerprint density at radius 1 is 1.47 bits per heavy atom. The van der Waals surface area contributed by atoms with Crippen LogP contribution in [0.2, 0.25) is 0 Å². The molecular weight excluding hydrogens is 336 g/mol. The smallest absolute Gasteiger partial charge is 0.321 e. The quantitative estimate of drug-likeness (QED) is 0.842. The van der Waals surface area contributed by atoms with Gasteiger partial charge in [0.05, 0.1) is 21.6 Å². The van der Waals surface area contributed by atoms with Crippen LogP contribution < -0.4 is 0 Å². The van der Waals surface area contributed by atoms with E-state index in [9.17, 15) is 13.2 Å². The van der Waals surface area contributed by atoms with Gasteiger partial charge in [0.1, 0.15) is 0 Å². The van der Waals surface area contributed by atoms with E-state index in [2.05, 4.69) is 21.0 Å². The zero-order valence-electron chi connectivity index (χ0n) is 11.1. The summed E-state index contributed by atoms with van der Waals surface area (Å²) in [6, 6.07) is 0. The van der Waals surface area contributed by atoms with Gasteiger partial charge in [0.25, 0.3) is 0 Å². The molecular formula is C11H17BrN2O4S. The molecule has 0 saturated carbocycles. The van der Waals surface area contributed by atoms with Crippen LogP contribution in [0.5, 0.6) is 0 Å². The Morgan fingerprint density at radius 3 is 2.47 bits per heavy atom. The van der Waals surface area contributed by atoms with Crippen LogP contribution in [-0.2, 0) is 26.9 Å². The average molecular weight is 353 g/mol. The highest BCUT2D eigenvalue weighted by Crippen LogP contribution is 2.25. The standard InChI is InChI=1S/C11H17BrN2O4S/c1-4-9(11(15)16)19(17,18)6-8-10(12)7(3)13-14(8)5-2/h9H,4-6H2,1-3H3,(H,15,16). The van der Waals surface area contributed by atoms with Gasteiger partial charge in [-0.05, 0) is 36.2 Å². The molecule has 0 aliphatic rings. The van der Waals surface area contributed by atoms with Gasteiger partial charge in [-0.1, -0.05) is 6.92 Å². The largest absolute Gasteiger partial charge is 0.480 e. The van der Waals surface area contributed by atoms with Crippen LogP contribution in [0.15, 0.2) is 4.47 Å². The molecule has 0 amide bonds. The van der Waals surface area contributed by atoms with Crippen molar-refractivity contribution in [1.29, 1.82) is 0 Å². The number of aliphatic carboxylic acids is 1. The third kappa shape index (κ3) is 3.36. The summed E-state index contributed by atoms with van der Waals surface area (Å²) in [4.78, 5) is 11.0. The first-order chi connectivity index (χ1) is 8.74. The number of carbonyl (C=O) groups is 1. The molecule has 19 heavy (non-hydrogen) atoms. The summed E-state index contributed by atoms with van der Waals surface area (Å²) in [6.45, 7) is 5.69. The van der Waals surface area contributed by atoms with Crippen LogP contribution in [0.25, 0.3) is 0 Å². The first kappa shape index (κ1) is 16.2. The summed E-state index contributed by atoms with van der Waals surface area (Å²) in [7, 11) is -3.76. The number of aryl methyl sites for hydroxylation is 2. The monoisotopic (exact) mass is 352 g/mol. The van der Waals surface area contributed by atoms with Crippen molar-refractivity contribution in [3.8, 4) is 0 Å². The van der Waals surface area contributed by atoms with Crippen molar-refractivity contribution in [2.75, 3.05) is 0 Å². The lowest BCUT2D eigenvalue weighted by Crippen LogP contribution is -2.31. The van der Waals surface area contributed by atoms with E-state index in [0.717, 1.165) is 0 Å². The predicted octanol–water partition coefficient (Wildman–Crippen LogP) is 1.75. The maximum absolute atomic E-state index is 12.2. The van der Waals surface area contributed by atoms with Gasteiger partial charge in [0, 0.05) is 6.54 Å². The molecule has 1 rings (SSSR count). The number of nitrogens with zero attached hydrogens (tertiary/aromatic N) is 2. The summed E-state index contributed by atoms with van der Waals surface area (Å²) < 4.78 is 26.5. The molecule has 1 heterocycles. The Kier molecular flexibility index (Phi) is 5.14. The average Bonchev–Trinajstić information content (AvgIpc) is 2.56. The minimum Gasteiger partial charge on any atom is -0.480 e. The molecule has 0 fully saturated rings. The second-order valence-electron chi connectivity index (χ2n) is 4.20. The minimum absolute atomic E-state index is 0.0501. The van der Waals surface area contributed by atoms with Gasteiger partial charge in [-0.25, -0.2) is 8.42 Å². The van der Waals surface area contributed by atoms with Crippen LogP contribution in [-0.4, -0.2) is 34.5 Å². The number of rotatable bonds is 6.